The number of anilines is 1. The maximum absolute atomic E-state index is 13.0. The normalized spacial score (nSPS) is 10.7. The smallest absolute Gasteiger partial charge is 0.272 e. The molecule has 1 heterocycles. The van der Waals surface area contributed by atoms with Gasteiger partial charge in [0.1, 0.15) is 5.82 Å². The number of hydrogen-bond donors (Lipinski definition) is 2. The lowest BCUT2D eigenvalue weighted by Gasteiger charge is -2.19. The van der Waals surface area contributed by atoms with Gasteiger partial charge in [0.15, 0.2) is 5.69 Å². The van der Waals surface area contributed by atoms with Crippen LogP contribution in [0.4, 0.5) is 5.82 Å². The Hall–Kier alpha value is -3.42. The van der Waals surface area contributed by atoms with Crippen LogP contribution in [0.1, 0.15) is 38.0 Å². The molecule has 0 fully saturated rings. The zero-order valence-electron chi connectivity index (χ0n) is 16.7. The van der Waals surface area contributed by atoms with Crippen molar-refractivity contribution in [1.82, 2.24) is 14.1 Å². The number of carbonyl (C=O) groups excluding carboxylic acids is 2. The summed E-state index contributed by atoms with van der Waals surface area (Å²) in [5.41, 5.74) is 2.35. The van der Waals surface area contributed by atoms with Crippen LogP contribution in [-0.4, -0.2) is 20.6 Å². The van der Waals surface area contributed by atoms with E-state index in [-0.39, 0.29) is 17.6 Å². The van der Waals surface area contributed by atoms with Gasteiger partial charge < -0.3 is 10.6 Å². The molecule has 1 aromatic heterocycles. The molecule has 0 atom stereocenters. The summed E-state index contributed by atoms with van der Waals surface area (Å²) in [4.78, 5) is 25.6. The number of halogens is 2. The zero-order valence-corrected chi connectivity index (χ0v) is 19.0. The number of aromatic nitrogens is 2. The van der Waals surface area contributed by atoms with Crippen molar-refractivity contribution in [3.63, 3.8) is 0 Å². The van der Waals surface area contributed by atoms with Crippen LogP contribution >= 0.6 is 27.7 Å². The second-order valence-electron chi connectivity index (χ2n) is 6.94. The average Bonchev–Trinajstić information content (AvgIpc) is 3.19. The van der Waals surface area contributed by atoms with Gasteiger partial charge in [-0.2, -0.15) is 8.81 Å². The van der Waals surface area contributed by atoms with Gasteiger partial charge >= 0.3 is 0 Å². The molecule has 8 heteroatoms. The lowest BCUT2D eigenvalue weighted by Crippen LogP contribution is -2.29. The van der Waals surface area contributed by atoms with Crippen LogP contribution in [0.2, 0.25) is 5.02 Å². The molecule has 3 aromatic carbocycles. The van der Waals surface area contributed by atoms with Crippen LogP contribution in [0.25, 0.3) is 0 Å². The van der Waals surface area contributed by atoms with E-state index in [1.807, 2.05) is 60.7 Å². The Balaban J connectivity index is 1.55. The first kappa shape index (κ1) is 21.8. The molecule has 160 valence electrons. The summed E-state index contributed by atoms with van der Waals surface area (Å²) < 4.78 is 1.26. The molecular formula is C24H18BrClN4O2. The van der Waals surface area contributed by atoms with Gasteiger partial charge in [0, 0.05) is 6.07 Å². The highest BCUT2D eigenvalue weighted by Crippen LogP contribution is 2.23. The minimum atomic E-state index is -0.408. The van der Waals surface area contributed by atoms with Crippen LogP contribution in [0, 0.1) is 0 Å². The van der Waals surface area contributed by atoms with Crippen LogP contribution < -0.4 is 10.6 Å². The fourth-order valence-corrected chi connectivity index (χ4v) is 3.82. The van der Waals surface area contributed by atoms with Crippen molar-refractivity contribution in [2.24, 2.45) is 0 Å². The summed E-state index contributed by atoms with van der Waals surface area (Å²) >= 11 is 9.33. The van der Waals surface area contributed by atoms with Crippen LogP contribution in [0.5, 0.6) is 0 Å². The minimum Gasteiger partial charge on any atom is -0.340 e. The molecule has 0 saturated heterocycles. The van der Waals surface area contributed by atoms with Gasteiger partial charge in [-0.1, -0.05) is 84.4 Å². The Morgan fingerprint density at radius 2 is 1.41 bits per heavy atom. The first-order valence-electron chi connectivity index (χ1n) is 9.76. The van der Waals surface area contributed by atoms with Crippen molar-refractivity contribution < 1.29 is 9.59 Å². The standard InChI is InChI=1S/C24H18BrClN4O2/c25-30-21(27-23(31)18-13-7-8-14-19(18)26)15-20(29-30)24(32)28-22(16-9-3-1-4-10-16)17-11-5-2-6-12-17/h1-15,22H,(H,27,31)(H,28,32). The van der Waals surface area contributed by atoms with Gasteiger partial charge in [-0.15, -0.1) is 0 Å². The molecule has 32 heavy (non-hydrogen) atoms. The average molecular weight is 510 g/mol. The Morgan fingerprint density at radius 3 is 2.00 bits per heavy atom. The minimum absolute atomic E-state index is 0.146. The second-order valence-corrected chi connectivity index (χ2v) is 8.02. The molecule has 0 aliphatic carbocycles. The van der Waals surface area contributed by atoms with E-state index in [4.69, 9.17) is 11.6 Å². The van der Waals surface area contributed by atoms with Gasteiger partial charge in [0.25, 0.3) is 11.8 Å². The quantitative estimate of drug-likeness (QED) is 0.362. The third-order valence-corrected chi connectivity index (χ3v) is 5.67. The summed E-state index contributed by atoms with van der Waals surface area (Å²) in [6.07, 6.45) is 0. The SMILES string of the molecule is O=C(NC(c1ccccc1)c1ccccc1)c1cc(NC(=O)c2ccccc2Cl)n(Br)n1. The molecule has 4 aromatic rings. The monoisotopic (exact) mass is 508 g/mol. The predicted molar refractivity (Wildman–Crippen MR) is 128 cm³/mol. The molecular weight excluding hydrogens is 492 g/mol. The van der Waals surface area contributed by atoms with Crippen LogP contribution in [0.3, 0.4) is 0 Å². The van der Waals surface area contributed by atoms with E-state index in [9.17, 15) is 9.59 Å². The Bertz CT molecular complexity index is 1210. The van der Waals surface area contributed by atoms with Gasteiger partial charge in [-0.25, -0.2) is 0 Å². The van der Waals surface area contributed by atoms with E-state index in [0.717, 1.165) is 11.1 Å². The Morgan fingerprint density at radius 1 is 0.844 bits per heavy atom. The van der Waals surface area contributed by atoms with Gasteiger partial charge in [-0.3, -0.25) is 9.59 Å². The van der Waals surface area contributed by atoms with Crippen molar-refractivity contribution in [3.8, 4) is 0 Å². The Labute approximate surface area is 198 Å². The third-order valence-electron chi connectivity index (χ3n) is 4.80. The number of nitrogens with zero attached hydrogens (tertiary/aromatic N) is 2. The largest absolute Gasteiger partial charge is 0.340 e. The molecule has 2 amide bonds. The summed E-state index contributed by atoms with van der Waals surface area (Å²) in [6.45, 7) is 0. The topological polar surface area (TPSA) is 76.0 Å². The molecule has 0 spiro atoms. The van der Waals surface area contributed by atoms with Gasteiger partial charge in [0.05, 0.1) is 32.8 Å². The molecule has 0 aliphatic heterocycles. The van der Waals surface area contributed by atoms with E-state index < -0.39 is 5.91 Å². The molecule has 2 N–H and O–H groups in total. The second kappa shape index (κ2) is 9.80. The molecule has 0 radical (unpaired) electrons. The molecule has 0 saturated carbocycles. The highest BCUT2D eigenvalue weighted by atomic mass is 79.9. The van der Waals surface area contributed by atoms with E-state index in [1.54, 1.807) is 24.3 Å². The van der Waals surface area contributed by atoms with Gasteiger partial charge in [-0.05, 0) is 23.3 Å². The van der Waals surface area contributed by atoms with E-state index in [0.29, 0.717) is 16.4 Å². The summed E-state index contributed by atoms with van der Waals surface area (Å²) in [6, 6.07) is 27.2. The number of amides is 2. The van der Waals surface area contributed by atoms with Crippen molar-refractivity contribution in [2.45, 2.75) is 6.04 Å². The van der Waals surface area contributed by atoms with Gasteiger partial charge in [0.2, 0.25) is 0 Å². The maximum Gasteiger partial charge on any atom is 0.272 e. The number of hydrogen-bond acceptors (Lipinski definition) is 3. The molecule has 0 bridgehead atoms. The highest BCUT2D eigenvalue weighted by molar-refractivity contribution is 9.08. The molecule has 4 rings (SSSR count). The first-order chi connectivity index (χ1) is 15.5. The molecule has 6 nitrogen and oxygen atoms in total. The number of nitrogens with one attached hydrogen (secondary N) is 2. The first-order valence-corrected chi connectivity index (χ1v) is 10.8. The number of rotatable bonds is 6. The number of carbonyl (C=O) groups is 2. The van der Waals surface area contributed by atoms with Crippen LogP contribution in [0.15, 0.2) is 91.0 Å². The lowest BCUT2D eigenvalue weighted by atomic mass is 9.98. The van der Waals surface area contributed by atoms with E-state index >= 15 is 0 Å². The van der Waals surface area contributed by atoms with Crippen molar-refractivity contribution in [1.29, 1.82) is 0 Å². The van der Waals surface area contributed by atoms with E-state index in [1.165, 1.54) is 9.77 Å². The Kier molecular flexibility index (Phi) is 6.68. The molecule has 0 unspecified atom stereocenters. The summed E-state index contributed by atoms with van der Waals surface area (Å²) in [5, 5.41) is 10.3. The summed E-state index contributed by atoms with van der Waals surface area (Å²) in [5.74, 6) is -0.486. The van der Waals surface area contributed by atoms with Crippen molar-refractivity contribution in [3.05, 3.63) is 118 Å². The third kappa shape index (κ3) is 4.90. The highest BCUT2D eigenvalue weighted by Gasteiger charge is 2.21. The van der Waals surface area contributed by atoms with Crippen molar-refractivity contribution >= 4 is 45.4 Å². The fourth-order valence-electron chi connectivity index (χ4n) is 3.24. The number of benzene rings is 3. The lowest BCUT2D eigenvalue weighted by molar-refractivity contribution is 0.0937. The predicted octanol–water partition coefficient (Wildman–Crippen LogP) is 5.47. The van der Waals surface area contributed by atoms with Crippen molar-refractivity contribution in [2.75, 3.05) is 5.32 Å². The molecule has 0 aliphatic rings. The zero-order chi connectivity index (χ0) is 22.5. The maximum atomic E-state index is 13.0. The summed E-state index contributed by atoms with van der Waals surface area (Å²) in [7, 11) is 0. The van der Waals surface area contributed by atoms with E-state index in [2.05, 4.69) is 31.9 Å². The fraction of sp³-hybridized carbons (Fsp3) is 0.0417. The van der Waals surface area contributed by atoms with Crippen LogP contribution in [-0.2, 0) is 0 Å².